The number of anilines is 1. The maximum Gasteiger partial charge on any atom is 0.292 e. The Labute approximate surface area is 145 Å². The highest BCUT2D eigenvalue weighted by Crippen LogP contribution is 2.24. The lowest BCUT2D eigenvalue weighted by Gasteiger charge is -2.14. The number of halogens is 1. The van der Waals surface area contributed by atoms with Crippen molar-refractivity contribution < 1.29 is 24.0 Å². The third-order valence-electron chi connectivity index (χ3n) is 4.32. The summed E-state index contributed by atoms with van der Waals surface area (Å²) in [5, 5.41) is 1.85. The standard InChI is InChI=1S/C19H19FN2O3/c1-25-14-8-6-13(7-9-14)10-11-21-16-12-18(23)22(19(16)24)17-5-3-2-4-15(17)20/h2-9,16,21H,10-12H2,1H3/p+1/t16-/m0/s1. The van der Waals surface area contributed by atoms with Crippen LogP contribution < -0.4 is 15.0 Å². The quantitative estimate of drug-likeness (QED) is 0.804. The minimum absolute atomic E-state index is 0.0311. The normalized spacial score (nSPS) is 17.2. The summed E-state index contributed by atoms with van der Waals surface area (Å²) in [6, 6.07) is 13.1. The van der Waals surface area contributed by atoms with Gasteiger partial charge in [0.1, 0.15) is 11.6 Å². The lowest BCUT2D eigenvalue weighted by Crippen LogP contribution is -2.92. The summed E-state index contributed by atoms with van der Waals surface area (Å²) in [6.07, 6.45) is 0.859. The van der Waals surface area contributed by atoms with Crippen molar-refractivity contribution in [2.75, 3.05) is 18.6 Å². The second kappa shape index (κ2) is 7.44. The number of imide groups is 1. The number of hydrogen-bond donors (Lipinski definition) is 1. The molecule has 1 aliphatic heterocycles. The van der Waals surface area contributed by atoms with E-state index in [1.165, 1.54) is 18.2 Å². The number of carbonyl (C=O) groups is 2. The van der Waals surface area contributed by atoms with Crippen molar-refractivity contribution in [2.45, 2.75) is 18.9 Å². The zero-order valence-electron chi connectivity index (χ0n) is 13.9. The van der Waals surface area contributed by atoms with Crippen LogP contribution in [0, 0.1) is 5.82 Å². The first-order valence-electron chi connectivity index (χ1n) is 8.17. The molecule has 130 valence electrons. The molecule has 6 heteroatoms. The molecule has 2 N–H and O–H groups in total. The second-order valence-electron chi connectivity index (χ2n) is 5.95. The van der Waals surface area contributed by atoms with Gasteiger partial charge in [-0.25, -0.2) is 9.29 Å². The highest BCUT2D eigenvalue weighted by molar-refractivity contribution is 6.21. The van der Waals surface area contributed by atoms with Crippen LogP contribution in [0.5, 0.6) is 5.75 Å². The molecule has 1 fully saturated rings. The molecule has 0 saturated carbocycles. The van der Waals surface area contributed by atoms with Gasteiger partial charge in [-0.2, -0.15) is 0 Å². The molecule has 0 aliphatic carbocycles. The second-order valence-corrected chi connectivity index (χ2v) is 5.95. The monoisotopic (exact) mass is 343 g/mol. The average molecular weight is 343 g/mol. The summed E-state index contributed by atoms with van der Waals surface area (Å²) < 4.78 is 19.0. The van der Waals surface area contributed by atoms with Gasteiger partial charge in [-0.15, -0.1) is 0 Å². The molecule has 1 aliphatic rings. The van der Waals surface area contributed by atoms with Crippen molar-refractivity contribution in [3.05, 3.63) is 59.9 Å². The number of hydrogen-bond acceptors (Lipinski definition) is 3. The Morgan fingerprint density at radius 3 is 2.56 bits per heavy atom. The summed E-state index contributed by atoms with van der Waals surface area (Å²) in [6.45, 7) is 0.668. The van der Waals surface area contributed by atoms with Crippen LogP contribution in [0.2, 0.25) is 0 Å². The van der Waals surface area contributed by atoms with Crippen molar-refractivity contribution in [1.29, 1.82) is 0 Å². The van der Waals surface area contributed by atoms with Gasteiger partial charge in [-0.3, -0.25) is 9.59 Å². The third kappa shape index (κ3) is 3.69. The summed E-state index contributed by atoms with van der Waals surface area (Å²) in [4.78, 5) is 25.6. The van der Waals surface area contributed by atoms with Gasteiger partial charge in [0, 0.05) is 6.42 Å². The molecule has 0 bridgehead atoms. The lowest BCUT2D eigenvalue weighted by molar-refractivity contribution is -0.674. The van der Waals surface area contributed by atoms with Crippen LogP contribution in [0.3, 0.4) is 0 Å². The lowest BCUT2D eigenvalue weighted by atomic mass is 10.1. The smallest absolute Gasteiger partial charge is 0.292 e. The molecule has 0 radical (unpaired) electrons. The van der Waals surface area contributed by atoms with Gasteiger partial charge in [-0.05, 0) is 29.8 Å². The number of amides is 2. The predicted octanol–water partition coefficient (Wildman–Crippen LogP) is 1.27. The Hall–Kier alpha value is -2.73. The van der Waals surface area contributed by atoms with Crippen LogP contribution in [-0.4, -0.2) is 31.5 Å². The Morgan fingerprint density at radius 2 is 1.88 bits per heavy atom. The molecule has 3 rings (SSSR count). The molecular weight excluding hydrogens is 323 g/mol. The van der Waals surface area contributed by atoms with Gasteiger partial charge in [0.2, 0.25) is 5.91 Å². The Balaban J connectivity index is 1.59. The topological polar surface area (TPSA) is 63.2 Å². The Kier molecular flexibility index (Phi) is 5.09. The number of carbonyl (C=O) groups excluding carboxylic acids is 2. The number of rotatable bonds is 6. The highest BCUT2D eigenvalue weighted by atomic mass is 19.1. The van der Waals surface area contributed by atoms with E-state index in [1.54, 1.807) is 13.2 Å². The molecule has 1 atom stereocenters. The van der Waals surface area contributed by atoms with Crippen LogP contribution in [0.15, 0.2) is 48.5 Å². The molecular formula is C19H20FN2O3+. The minimum Gasteiger partial charge on any atom is -0.497 e. The van der Waals surface area contributed by atoms with Gasteiger partial charge < -0.3 is 10.1 Å². The third-order valence-corrected chi connectivity index (χ3v) is 4.32. The van der Waals surface area contributed by atoms with Crippen molar-refractivity contribution in [3.63, 3.8) is 0 Å². The number of benzene rings is 2. The van der Waals surface area contributed by atoms with E-state index in [1.807, 2.05) is 29.6 Å². The molecule has 0 spiro atoms. The van der Waals surface area contributed by atoms with Gasteiger partial charge in [0.25, 0.3) is 5.91 Å². The van der Waals surface area contributed by atoms with Crippen molar-refractivity contribution in [3.8, 4) is 5.75 Å². The summed E-state index contributed by atoms with van der Waals surface area (Å²) in [5.74, 6) is -0.487. The van der Waals surface area contributed by atoms with E-state index >= 15 is 0 Å². The molecule has 1 saturated heterocycles. The van der Waals surface area contributed by atoms with Crippen LogP contribution >= 0.6 is 0 Å². The number of para-hydroxylation sites is 1. The van der Waals surface area contributed by atoms with E-state index in [0.29, 0.717) is 6.54 Å². The zero-order chi connectivity index (χ0) is 17.8. The fourth-order valence-corrected chi connectivity index (χ4v) is 2.97. The maximum atomic E-state index is 13.9. The van der Waals surface area contributed by atoms with Crippen LogP contribution in [0.1, 0.15) is 12.0 Å². The molecule has 1 heterocycles. The van der Waals surface area contributed by atoms with Crippen LogP contribution in [0.4, 0.5) is 10.1 Å². The molecule has 2 aromatic carbocycles. The average Bonchev–Trinajstić information content (AvgIpc) is 2.90. The largest absolute Gasteiger partial charge is 0.497 e. The van der Waals surface area contributed by atoms with Crippen LogP contribution in [0.25, 0.3) is 0 Å². The van der Waals surface area contributed by atoms with Crippen molar-refractivity contribution in [1.82, 2.24) is 0 Å². The Morgan fingerprint density at radius 1 is 1.16 bits per heavy atom. The van der Waals surface area contributed by atoms with E-state index in [4.69, 9.17) is 4.74 Å². The maximum absolute atomic E-state index is 13.9. The minimum atomic E-state index is -0.567. The van der Waals surface area contributed by atoms with E-state index in [2.05, 4.69) is 0 Å². The van der Waals surface area contributed by atoms with Crippen LogP contribution in [-0.2, 0) is 16.0 Å². The first kappa shape index (κ1) is 17.1. The summed E-state index contributed by atoms with van der Waals surface area (Å²) in [5.41, 5.74) is 1.16. The van der Waals surface area contributed by atoms with Gasteiger partial charge in [-0.1, -0.05) is 24.3 Å². The SMILES string of the molecule is COc1ccc(CC[NH2+][C@H]2CC(=O)N(c3ccccc3F)C2=O)cc1. The van der Waals surface area contributed by atoms with Crippen molar-refractivity contribution in [2.24, 2.45) is 0 Å². The molecule has 2 amide bonds. The molecule has 2 aromatic rings. The highest BCUT2D eigenvalue weighted by Gasteiger charge is 2.42. The molecule has 0 aromatic heterocycles. The summed E-state index contributed by atoms with van der Waals surface area (Å²) >= 11 is 0. The van der Waals surface area contributed by atoms with E-state index in [9.17, 15) is 14.0 Å². The van der Waals surface area contributed by atoms with E-state index in [-0.39, 0.29) is 23.9 Å². The Bertz CT molecular complexity index is 776. The van der Waals surface area contributed by atoms with E-state index < -0.39 is 11.9 Å². The summed E-state index contributed by atoms with van der Waals surface area (Å²) in [7, 11) is 1.62. The fourth-order valence-electron chi connectivity index (χ4n) is 2.97. The van der Waals surface area contributed by atoms with E-state index in [0.717, 1.165) is 22.6 Å². The number of methoxy groups -OCH3 is 1. The molecule has 5 nitrogen and oxygen atoms in total. The first-order chi connectivity index (χ1) is 12.1. The number of ether oxygens (including phenoxy) is 1. The number of nitrogens with two attached hydrogens (primary N) is 1. The van der Waals surface area contributed by atoms with Gasteiger partial charge >= 0.3 is 0 Å². The molecule has 25 heavy (non-hydrogen) atoms. The zero-order valence-corrected chi connectivity index (χ0v) is 13.9. The predicted molar refractivity (Wildman–Crippen MR) is 90.8 cm³/mol. The number of nitrogens with zero attached hydrogens (tertiary/aromatic N) is 1. The first-order valence-corrected chi connectivity index (χ1v) is 8.17. The van der Waals surface area contributed by atoms with Gasteiger partial charge in [0.05, 0.1) is 25.8 Å². The fraction of sp³-hybridized carbons (Fsp3) is 0.263. The number of quaternary nitrogens is 1. The molecule has 0 unspecified atom stereocenters. The van der Waals surface area contributed by atoms with Crippen molar-refractivity contribution >= 4 is 17.5 Å². The van der Waals surface area contributed by atoms with Gasteiger partial charge in [0.15, 0.2) is 6.04 Å².